The Bertz CT molecular complexity index is 212. The second kappa shape index (κ2) is 7.14. The Morgan fingerprint density at radius 3 is 2.80 bits per heavy atom. The number of hydrogen-bond acceptors (Lipinski definition) is 3. The van der Waals surface area contributed by atoms with Crippen molar-refractivity contribution in [2.24, 2.45) is 5.92 Å². The summed E-state index contributed by atoms with van der Waals surface area (Å²) in [6, 6.07) is 2.90. The molecule has 0 aromatic rings. The lowest BCUT2D eigenvalue weighted by atomic mass is 9.96. The van der Waals surface area contributed by atoms with Crippen LogP contribution >= 0.6 is 11.8 Å². The first kappa shape index (κ1) is 12.9. The molecule has 0 saturated heterocycles. The molecule has 0 heterocycles. The Morgan fingerprint density at radius 1 is 1.40 bits per heavy atom. The standard InChI is InChI=1S/C12H22N2S/c1-10(15-2)9-14-12-7-5-3-4-6-11(12)8-13/h10-12,14H,3-7,9H2,1-2H3. The number of nitrogens with zero attached hydrogens (tertiary/aromatic N) is 1. The van der Waals surface area contributed by atoms with Crippen molar-refractivity contribution in [1.82, 2.24) is 5.32 Å². The average Bonchev–Trinajstić information content (AvgIpc) is 2.50. The lowest BCUT2D eigenvalue weighted by Crippen LogP contribution is -2.38. The zero-order valence-electron chi connectivity index (χ0n) is 9.83. The molecule has 1 aliphatic rings. The van der Waals surface area contributed by atoms with Crippen molar-refractivity contribution >= 4 is 11.8 Å². The van der Waals surface area contributed by atoms with Crippen LogP contribution in [0.4, 0.5) is 0 Å². The molecule has 1 rings (SSSR count). The molecule has 3 heteroatoms. The van der Waals surface area contributed by atoms with Gasteiger partial charge in [-0.1, -0.05) is 26.2 Å². The first-order valence-corrected chi connectivity index (χ1v) is 7.22. The summed E-state index contributed by atoms with van der Waals surface area (Å²) in [5.74, 6) is 0.238. The average molecular weight is 226 g/mol. The highest BCUT2D eigenvalue weighted by molar-refractivity contribution is 7.99. The Morgan fingerprint density at radius 2 is 2.13 bits per heavy atom. The summed E-state index contributed by atoms with van der Waals surface area (Å²) in [6.07, 6.45) is 8.22. The predicted molar refractivity (Wildman–Crippen MR) is 67.0 cm³/mol. The third-order valence-electron chi connectivity index (χ3n) is 3.25. The number of thioether (sulfide) groups is 1. The van der Waals surface area contributed by atoms with Crippen molar-refractivity contribution in [3.05, 3.63) is 0 Å². The van der Waals surface area contributed by atoms with Gasteiger partial charge in [-0.05, 0) is 19.1 Å². The molecule has 0 radical (unpaired) electrons. The van der Waals surface area contributed by atoms with Crippen molar-refractivity contribution in [3.8, 4) is 6.07 Å². The van der Waals surface area contributed by atoms with Crippen LogP contribution in [0.5, 0.6) is 0 Å². The molecule has 86 valence electrons. The van der Waals surface area contributed by atoms with Gasteiger partial charge in [0.1, 0.15) is 0 Å². The molecule has 1 fully saturated rings. The van der Waals surface area contributed by atoms with Crippen LogP contribution in [0.3, 0.4) is 0 Å². The van der Waals surface area contributed by atoms with E-state index in [1.807, 2.05) is 11.8 Å². The van der Waals surface area contributed by atoms with Crippen LogP contribution in [0, 0.1) is 17.2 Å². The quantitative estimate of drug-likeness (QED) is 0.749. The molecule has 3 unspecified atom stereocenters. The molecule has 0 aromatic carbocycles. The summed E-state index contributed by atoms with van der Waals surface area (Å²) in [7, 11) is 0. The lowest BCUT2D eigenvalue weighted by Gasteiger charge is -2.22. The third kappa shape index (κ3) is 4.44. The van der Waals surface area contributed by atoms with Crippen LogP contribution in [-0.4, -0.2) is 24.1 Å². The Kier molecular flexibility index (Phi) is 6.12. The monoisotopic (exact) mass is 226 g/mol. The van der Waals surface area contributed by atoms with Crippen molar-refractivity contribution in [1.29, 1.82) is 5.26 Å². The zero-order chi connectivity index (χ0) is 11.1. The third-order valence-corrected chi connectivity index (χ3v) is 4.22. The van der Waals surface area contributed by atoms with Gasteiger partial charge in [-0.15, -0.1) is 0 Å². The smallest absolute Gasteiger partial charge is 0.0672 e. The predicted octanol–water partition coefficient (Wildman–Crippen LogP) is 2.80. The maximum Gasteiger partial charge on any atom is 0.0672 e. The number of nitriles is 1. The van der Waals surface area contributed by atoms with Crippen molar-refractivity contribution in [2.75, 3.05) is 12.8 Å². The molecule has 1 saturated carbocycles. The Balaban J connectivity index is 2.38. The van der Waals surface area contributed by atoms with Gasteiger partial charge in [-0.2, -0.15) is 17.0 Å². The van der Waals surface area contributed by atoms with Gasteiger partial charge in [0.2, 0.25) is 0 Å². The Labute approximate surface area is 97.8 Å². The van der Waals surface area contributed by atoms with Gasteiger partial charge in [0.25, 0.3) is 0 Å². The van der Waals surface area contributed by atoms with E-state index in [4.69, 9.17) is 5.26 Å². The first-order valence-electron chi connectivity index (χ1n) is 5.93. The minimum Gasteiger partial charge on any atom is -0.312 e. The van der Waals surface area contributed by atoms with Gasteiger partial charge < -0.3 is 5.32 Å². The minimum atomic E-state index is 0.238. The normalized spacial score (nSPS) is 29.1. The van der Waals surface area contributed by atoms with E-state index < -0.39 is 0 Å². The zero-order valence-corrected chi connectivity index (χ0v) is 10.6. The van der Waals surface area contributed by atoms with Crippen molar-refractivity contribution < 1.29 is 0 Å². The fourth-order valence-electron chi connectivity index (χ4n) is 2.11. The van der Waals surface area contributed by atoms with Crippen LogP contribution in [0.25, 0.3) is 0 Å². The fraction of sp³-hybridized carbons (Fsp3) is 0.917. The summed E-state index contributed by atoms with van der Waals surface area (Å²) in [5.41, 5.74) is 0. The summed E-state index contributed by atoms with van der Waals surface area (Å²) < 4.78 is 0. The highest BCUT2D eigenvalue weighted by Crippen LogP contribution is 2.23. The van der Waals surface area contributed by atoms with E-state index in [1.54, 1.807) is 0 Å². The molecule has 0 aromatic heterocycles. The van der Waals surface area contributed by atoms with Gasteiger partial charge in [0.05, 0.1) is 12.0 Å². The van der Waals surface area contributed by atoms with Crippen LogP contribution in [0.2, 0.25) is 0 Å². The number of rotatable bonds is 4. The molecular weight excluding hydrogens is 204 g/mol. The van der Waals surface area contributed by atoms with Crippen LogP contribution < -0.4 is 5.32 Å². The van der Waals surface area contributed by atoms with E-state index in [0.717, 1.165) is 13.0 Å². The van der Waals surface area contributed by atoms with E-state index >= 15 is 0 Å². The number of nitrogens with one attached hydrogen (secondary N) is 1. The molecule has 0 spiro atoms. The van der Waals surface area contributed by atoms with Crippen molar-refractivity contribution in [2.45, 2.75) is 50.3 Å². The van der Waals surface area contributed by atoms with Crippen LogP contribution in [0.15, 0.2) is 0 Å². The SMILES string of the molecule is CSC(C)CNC1CCCCCC1C#N. The molecule has 0 aliphatic heterocycles. The molecule has 2 nitrogen and oxygen atoms in total. The van der Waals surface area contributed by atoms with Crippen molar-refractivity contribution in [3.63, 3.8) is 0 Å². The molecule has 1 N–H and O–H groups in total. The largest absolute Gasteiger partial charge is 0.312 e. The molecule has 3 atom stereocenters. The molecule has 15 heavy (non-hydrogen) atoms. The first-order chi connectivity index (χ1) is 7.27. The van der Waals surface area contributed by atoms with Gasteiger partial charge in [0.15, 0.2) is 0 Å². The maximum absolute atomic E-state index is 9.11. The van der Waals surface area contributed by atoms with E-state index in [1.165, 1.54) is 25.7 Å². The summed E-state index contributed by atoms with van der Waals surface area (Å²) in [5, 5.41) is 13.3. The molecular formula is C12H22N2S. The second-order valence-corrected chi connectivity index (χ2v) is 5.71. The summed E-state index contributed by atoms with van der Waals surface area (Å²) in [4.78, 5) is 0. The van der Waals surface area contributed by atoms with Crippen LogP contribution in [-0.2, 0) is 0 Å². The fourth-order valence-corrected chi connectivity index (χ4v) is 2.37. The van der Waals surface area contributed by atoms with E-state index in [2.05, 4.69) is 24.6 Å². The lowest BCUT2D eigenvalue weighted by molar-refractivity contribution is 0.397. The van der Waals surface area contributed by atoms with E-state index in [9.17, 15) is 0 Å². The van der Waals surface area contributed by atoms with E-state index in [-0.39, 0.29) is 5.92 Å². The van der Waals surface area contributed by atoms with E-state index in [0.29, 0.717) is 11.3 Å². The summed E-state index contributed by atoms with van der Waals surface area (Å²) >= 11 is 1.88. The highest BCUT2D eigenvalue weighted by Gasteiger charge is 2.23. The van der Waals surface area contributed by atoms with Gasteiger partial charge in [0, 0.05) is 17.8 Å². The number of hydrogen-bond donors (Lipinski definition) is 1. The summed E-state index contributed by atoms with van der Waals surface area (Å²) in [6.45, 7) is 3.26. The van der Waals surface area contributed by atoms with Gasteiger partial charge in [-0.25, -0.2) is 0 Å². The maximum atomic E-state index is 9.11. The minimum absolute atomic E-state index is 0.238. The second-order valence-electron chi connectivity index (χ2n) is 4.43. The van der Waals surface area contributed by atoms with Gasteiger partial charge >= 0.3 is 0 Å². The topological polar surface area (TPSA) is 35.8 Å². The molecule has 1 aliphatic carbocycles. The highest BCUT2D eigenvalue weighted by atomic mass is 32.2. The van der Waals surface area contributed by atoms with Gasteiger partial charge in [-0.3, -0.25) is 0 Å². The molecule has 0 amide bonds. The van der Waals surface area contributed by atoms with Crippen LogP contribution in [0.1, 0.15) is 39.0 Å². The molecule has 0 bridgehead atoms. The Hall–Kier alpha value is -0.200.